The van der Waals surface area contributed by atoms with Crippen molar-refractivity contribution in [3.05, 3.63) is 30.1 Å². The Bertz CT molecular complexity index is 272. The summed E-state index contributed by atoms with van der Waals surface area (Å²) in [6, 6.07) is 8.40. The van der Waals surface area contributed by atoms with Crippen molar-refractivity contribution in [2.75, 3.05) is 11.9 Å². The van der Waals surface area contributed by atoms with Gasteiger partial charge in [0.25, 0.3) is 0 Å². The topological polar surface area (TPSA) is 3.24 Å². The number of thioether (sulfide) groups is 1. The molecule has 0 fully saturated rings. The van der Waals surface area contributed by atoms with Crippen LogP contribution in [0.3, 0.4) is 0 Å². The summed E-state index contributed by atoms with van der Waals surface area (Å²) in [6.45, 7) is 0. The Balaban J connectivity index is 0.000000251. The third-order valence-electron chi connectivity index (χ3n) is 1.58. The number of nitrogens with zero attached hydrogens (tertiary/aromatic N) is 1. The van der Waals surface area contributed by atoms with Crippen molar-refractivity contribution in [3.63, 3.8) is 0 Å². The van der Waals surface area contributed by atoms with E-state index in [0.717, 1.165) is 10.8 Å². The van der Waals surface area contributed by atoms with Crippen molar-refractivity contribution in [1.82, 2.24) is 0 Å². The van der Waals surface area contributed by atoms with E-state index in [2.05, 4.69) is 81.1 Å². The molecule has 0 saturated heterocycles. The molecule has 0 spiro atoms. The molecule has 0 unspecified atom stereocenters. The minimum atomic E-state index is 0.890. The third-order valence-corrected chi connectivity index (χ3v) is 2.60. The molecule has 1 aliphatic rings. The fourth-order valence-corrected chi connectivity index (χ4v) is 1.92. The number of hydrogen-bond acceptors (Lipinski definition) is 2. The summed E-state index contributed by atoms with van der Waals surface area (Å²) in [6.07, 6.45) is 0. The second-order valence-corrected chi connectivity index (χ2v) is 15.2. The Morgan fingerprint density at radius 2 is 2.00 bits per heavy atom. The van der Waals surface area contributed by atoms with Crippen molar-refractivity contribution >= 4 is 56.5 Å². The van der Waals surface area contributed by atoms with E-state index in [1.54, 1.807) is 11.8 Å². The van der Waals surface area contributed by atoms with Gasteiger partial charge in [0.1, 0.15) is 0 Å². The van der Waals surface area contributed by atoms with Gasteiger partial charge in [-0.1, -0.05) is 12.1 Å². The zero-order chi connectivity index (χ0) is 9.68. The first-order valence-electron chi connectivity index (χ1n) is 3.44. The summed E-state index contributed by atoms with van der Waals surface area (Å²) in [7, 11) is 2.96. The van der Waals surface area contributed by atoms with Crippen LogP contribution in [-0.2, 0) is 10.8 Å². The first-order valence-corrected chi connectivity index (χ1v) is 13.6. The maximum atomic E-state index is 2.33. The zero-order valence-corrected chi connectivity index (χ0v) is 13.5. The van der Waals surface area contributed by atoms with Crippen LogP contribution in [0.25, 0.3) is 0 Å². The molecule has 13 heavy (non-hydrogen) atoms. The van der Waals surface area contributed by atoms with Crippen LogP contribution in [0, 0.1) is 5.88 Å². The predicted octanol–water partition coefficient (Wildman–Crippen LogP) is 4.12. The van der Waals surface area contributed by atoms with Crippen molar-refractivity contribution in [3.8, 4) is 0 Å². The van der Waals surface area contributed by atoms with Gasteiger partial charge in [0, 0.05) is 5.69 Å². The third kappa shape index (κ3) is 3.86. The second kappa shape index (κ2) is 6.88. The van der Waals surface area contributed by atoms with Crippen LogP contribution in [0.4, 0.5) is 5.69 Å². The van der Waals surface area contributed by atoms with Gasteiger partial charge in [-0.3, -0.25) is 11.8 Å². The molecule has 1 aromatic carbocycles. The fourth-order valence-electron chi connectivity index (χ4n) is 1.04. The summed E-state index contributed by atoms with van der Waals surface area (Å²) in [4.78, 5) is 3.49. The van der Waals surface area contributed by atoms with E-state index in [9.17, 15) is 0 Å². The Kier molecular flexibility index (Phi) is 6.65. The Hall–Kier alpha value is 1.49. The Morgan fingerprint density at radius 3 is 2.62 bits per heavy atom. The van der Waals surface area contributed by atoms with Gasteiger partial charge >= 0.3 is 49.8 Å². The monoisotopic (exact) mass is 510 g/mol. The average Bonchev–Trinajstić information content (AvgIpc) is 2.50. The molecular weight excluding hydrogens is 502 g/mol. The van der Waals surface area contributed by atoms with Gasteiger partial charge in [0.05, 0.1) is 0 Å². The molecular formula is C8H8I2NPdS-. The van der Waals surface area contributed by atoms with E-state index in [1.165, 1.54) is 10.6 Å². The molecule has 0 saturated carbocycles. The van der Waals surface area contributed by atoms with E-state index >= 15 is 0 Å². The second-order valence-electron chi connectivity index (χ2n) is 2.35. The number of halogens is 2. The first kappa shape index (κ1) is 12.6. The predicted molar refractivity (Wildman–Crippen MR) is 73.0 cm³/mol. The van der Waals surface area contributed by atoms with Gasteiger partial charge < -0.3 is 4.90 Å². The van der Waals surface area contributed by atoms with E-state index in [4.69, 9.17) is 0 Å². The number of fused-ring (bicyclic) bond motifs is 1. The van der Waals surface area contributed by atoms with Crippen molar-refractivity contribution in [1.29, 1.82) is 0 Å². The van der Waals surface area contributed by atoms with Crippen LogP contribution in [-0.4, -0.2) is 7.05 Å². The molecule has 0 amide bonds. The minimum absolute atomic E-state index is 0.890. The maximum absolute atomic E-state index is 2.33. The number of benzene rings is 1. The number of hydrogen-bond donors (Lipinski definition) is 0. The number of para-hydroxylation sites is 1. The fraction of sp³-hybridized carbons (Fsp3) is 0.125. The van der Waals surface area contributed by atoms with Crippen LogP contribution >= 0.6 is 50.8 Å². The van der Waals surface area contributed by atoms with Gasteiger partial charge in [-0.05, 0) is 24.1 Å². The Labute approximate surface area is 113 Å². The van der Waals surface area contributed by atoms with Gasteiger partial charge in [-0.2, -0.15) is 5.88 Å². The summed E-state index contributed by atoms with van der Waals surface area (Å²) >= 11 is 6.43. The molecule has 1 heterocycles. The molecule has 5 heteroatoms. The molecule has 1 aliphatic heterocycles. The molecule has 2 rings (SSSR count). The summed E-state index contributed by atoms with van der Waals surface area (Å²) in [5, 5.41) is 0. The SMILES string of the molecule is CN1[CH-]Sc2ccccc21.[I][Pd][I]. The molecule has 1 aromatic rings. The van der Waals surface area contributed by atoms with E-state index in [0.29, 0.717) is 0 Å². The quantitative estimate of drug-likeness (QED) is 0.294. The zero-order valence-electron chi connectivity index (χ0n) is 6.81. The van der Waals surface area contributed by atoms with Crippen LogP contribution in [0.5, 0.6) is 0 Å². The van der Waals surface area contributed by atoms with Crippen LogP contribution in [0.1, 0.15) is 0 Å². The van der Waals surface area contributed by atoms with Gasteiger partial charge in [-0.15, -0.1) is 0 Å². The standard InChI is InChI=1S/C8H8NS.2HI.Pd/c1-9-6-10-8-5-3-2-4-7(8)9;;;/h2-6H,1H3;2*1H;/q-1;;;+2/p-2. The molecule has 76 valence electrons. The van der Waals surface area contributed by atoms with Crippen molar-refractivity contribution in [2.45, 2.75) is 4.90 Å². The van der Waals surface area contributed by atoms with Crippen molar-refractivity contribution < 1.29 is 10.8 Å². The summed E-state index contributed by atoms with van der Waals surface area (Å²) in [5.74, 6) is 2.12. The summed E-state index contributed by atoms with van der Waals surface area (Å²) < 4.78 is 0. The first-order chi connectivity index (χ1) is 6.29. The molecule has 0 N–H and O–H groups in total. The number of anilines is 1. The van der Waals surface area contributed by atoms with Gasteiger partial charge in [-0.25, -0.2) is 0 Å². The molecule has 0 aliphatic carbocycles. The van der Waals surface area contributed by atoms with Gasteiger partial charge in [0.2, 0.25) is 0 Å². The van der Waals surface area contributed by atoms with Crippen LogP contribution < -0.4 is 4.90 Å². The molecule has 0 bridgehead atoms. The van der Waals surface area contributed by atoms with Gasteiger partial charge in [0.15, 0.2) is 0 Å². The Morgan fingerprint density at radius 1 is 1.38 bits per heavy atom. The number of rotatable bonds is 0. The van der Waals surface area contributed by atoms with Crippen LogP contribution in [0.15, 0.2) is 29.2 Å². The van der Waals surface area contributed by atoms with E-state index in [1.807, 2.05) is 0 Å². The molecule has 0 atom stereocenters. The average molecular weight is 510 g/mol. The normalized spacial score (nSPS) is 13.6. The molecule has 1 nitrogen and oxygen atoms in total. The van der Waals surface area contributed by atoms with Crippen molar-refractivity contribution in [2.24, 2.45) is 0 Å². The summed E-state index contributed by atoms with van der Waals surface area (Å²) in [5.41, 5.74) is 1.31. The van der Waals surface area contributed by atoms with Crippen LogP contribution in [0.2, 0.25) is 0 Å². The van der Waals surface area contributed by atoms with E-state index in [-0.39, 0.29) is 0 Å². The molecule has 0 aromatic heterocycles. The van der Waals surface area contributed by atoms with E-state index < -0.39 is 0 Å². The molecule has 0 radical (unpaired) electrons.